The van der Waals surface area contributed by atoms with Crippen molar-refractivity contribution in [3.8, 4) is 22.8 Å². The van der Waals surface area contributed by atoms with Gasteiger partial charge in [0.2, 0.25) is 11.8 Å². The van der Waals surface area contributed by atoms with Gasteiger partial charge < -0.3 is 19.7 Å². The van der Waals surface area contributed by atoms with Gasteiger partial charge in [-0.15, -0.1) is 11.3 Å². The number of carbonyl (C=O) groups excluding carboxylic acids is 4. The number of ether oxygens (including phenoxy) is 2. The quantitative estimate of drug-likeness (QED) is 0.221. The molecule has 2 aliphatic rings. The van der Waals surface area contributed by atoms with Crippen molar-refractivity contribution in [1.82, 2.24) is 9.88 Å². The van der Waals surface area contributed by atoms with Crippen molar-refractivity contribution >= 4 is 46.2 Å². The van der Waals surface area contributed by atoms with E-state index in [1.54, 1.807) is 54.5 Å². The summed E-state index contributed by atoms with van der Waals surface area (Å²) < 4.78 is 10.9. The molecule has 3 amide bonds. The molecule has 236 valence electrons. The van der Waals surface area contributed by atoms with Crippen molar-refractivity contribution in [1.29, 1.82) is 0 Å². The van der Waals surface area contributed by atoms with E-state index >= 15 is 0 Å². The third-order valence-electron chi connectivity index (χ3n) is 8.66. The first-order valence-electron chi connectivity index (χ1n) is 15.1. The summed E-state index contributed by atoms with van der Waals surface area (Å²) in [6.45, 7) is -0.333. The molecule has 6 rings (SSSR count). The van der Waals surface area contributed by atoms with Crippen LogP contribution >= 0.6 is 11.3 Å². The molecule has 10 nitrogen and oxygen atoms in total. The number of carbonyl (C=O) groups is 4. The number of ketones is 1. The number of nitrogens with zero attached hydrogens (tertiary/aromatic N) is 3. The molecule has 0 unspecified atom stereocenters. The molecule has 1 aromatic heterocycles. The fraction of sp³-hybridized carbons (Fsp3) is 0.286. The van der Waals surface area contributed by atoms with Gasteiger partial charge in [-0.05, 0) is 37.1 Å². The first-order valence-corrected chi connectivity index (χ1v) is 16.0. The van der Waals surface area contributed by atoms with E-state index in [0.717, 1.165) is 30.5 Å². The molecule has 1 aliphatic heterocycles. The molecular weight excluding hydrogens is 604 g/mol. The second-order valence-electron chi connectivity index (χ2n) is 11.3. The summed E-state index contributed by atoms with van der Waals surface area (Å²) in [4.78, 5) is 62.4. The summed E-state index contributed by atoms with van der Waals surface area (Å²) >= 11 is 1.41. The maximum Gasteiger partial charge on any atom is 0.299 e. The Hall–Kier alpha value is -5.03. The highest BCUT2D eigenvalue weighted by Gasteiger charge is 2.48. The van der Waals surface area contributed by atoms with Gasteiger partial charge in [0.15, 0.2) is 0 Å². The van der Waals surface area contributed by atoms with Gasteiger partial charge in [0, 0.05) is 17.0 Å². The largest absolute Gasteiger partial charge is 0.497 e. The predicted octanol–water partition coefficient (Wildman–Crippen LogP) is 5.73. The lowest BCUT2D eigenvalue weighted by Gasteiger charge is -2.45. The Bertz CT molecular complexity index is 1780. The summed E-state index contributed by atoms with van der Waals surface area (Å²) in [6, 6.07) is 21.5. The number of anilines is 2. The molecule has 1 saturated carbocycles. The fourth-order valence-corrected chi connectivity index (χ4v) is 7.05. The minimum Gasteiger partial charge on any atom is -0.497 e. The lowest BCUT2D eigenvalue weighted by atomic mass is 9.79. The zero-order chi connectivity index (χ0) is 32.3. The summed E-state index contributed by atoms with van der Waals surface area (Å²) in [5.74, 6) is -1.23. The smallest absolute Gasteiger partial charge is 0.299 e. The maximum absolute atomic E-state index is 14.5. The topological polar surface area (TPSA) is 118 Å². The predicted molar refractivity (Wildman–Crippen MR) is 175 cm³/mol. The summed E-state index contributed by atoms with van der Waals surface area (Å²) in [6.07, 6.45) is 3.22. The van der Waals surface area contributed by atoms with E-state index in [1.807, 2.05) is 35.7 Å². The summed E-state index contributed by atoms with van der Waals surface area (Å²) in [5, 5.41) is 5.62. The van der Waals surface area contributed by atoms with E-state index in [4.69, 9.17) is 14.5 Å². The van der Waals surface area contributed by atoms with Gasteiger partial charge in [-0.3, -0.25) is 24.1 Å². The molecule has 11 heteroatoms. The highest BCUT2D eigenvalue weighted by atomic mass is 32.1. The van der Waals surface area contributed by atoms with E-state index in [2.05, 4.69) is 5.32 Å². The number of hydrogen-bond acceptors (Lipinski definition) is 8. The molecule has 1 fully saturated rings. The Labute approximate surface area is 271 Å². The van der Waals surface area contributed by atoms with E-state index in [1.165, 1.54) is 23.3 Å². The van der Waals surface area contributed by atoms with Crippen LogP contribution in [0.25, 0.3) is 11.3 Å². The standard InChI is InChI=1S/C35H34N4O6S/c1-44-24-15-16-26(29(19-24)45-2)37-34(43)35(17-9-4-10-18-35)39(20-30-36-27(22-46-30)23-11-5-3-6-12-23)31(40)21-38-28-14-8-7-13-25(28)32(41)33(38)42/h3,5-8,11-16,19,22H,4,9-10,17-18,20-21H2,1-2H3,(H,37,43). The van der Waals surface area contributed by atoms with E-state index in [0.29, 0.717) is 40.7 Å². The number of aromatic nitrogens is 1. The fourth-order valence-electron chi connectivity index (χ4n) is 6.26. The average Bonchev–Trinajstić information content (AvgIpc) is 3.67. The van der Waals surface area contributed by atoms with Gasteiger partial charge >= 0.3 is 0 Å². The minimum atomic E-state index is -1.24. The van der Waals surface area contributed by atoms with Crippen molar-refractivity contribution in [3.63, 3.8) is 0 Å². The lowest BCUT2D eigenvalue weighted by molar-refractivity contribution is -0.148. The number of hydrogen-bond donors (Lipinski definition) is 1. The number of para-hydroxylation sites is 1. The highest BCUT2D eigenvalue weighted by Crippen LogP contribution is 2.39. The molecule has 2 heterocycles. The van der Waals surface area contributed by atoms with E-state index in [-0.39, 0.29) is 24.6 Å². The van der Waals surface area contributed by atoms with Crippen LogP contribution in [0, 0.1) is 0 Å². The second kappa shape index (κ2) is 13.1. The van der Waals surface area contributed by atoms with Gasteiger partial charge in [-0.1, -0.05) is 61.7 Å². The van der Waals surface area contributed by atoms with Gasteiger partial charge in [0.25, 0.3) is 11.7 Å². The molecule has 0 spiro atoms. The van der Waals surface area contributed by atoms with Gasteiger partial charge in [-0.25, -0.2) is 4.98 Å². The molecular formula is C35H34N4O6S. The molecule has 3 aromatic carbocycles. The van der Waals surface area contributed by atoms with Gasteiger partial charge in [0.05, 0.1) is 43.4 Å². The Morgan fingerprint density at radius 1 is 0.957 bits per heavy atom. The number of nitrogens with one attached hydrogen (secondary N) is 1. The third kappa shape index (κ3) is 5.85. The van der Waals surface area contributed by atoms with E-state index in [9.17, 15) is 19.2 Å². The van der Waals surface area contributed by atoms with Crippen LogP contribution in [-0.2, 0) is 20.9 Å². The third-order valence-corrected chi connectivity index (χ3v) is 9.50. The van der Waals surface area contributed by atoms with Crippen LogP contribution in [0.3, 0.4) is 0 Å². The van der Waals surface area contributed by atoms with E-state index < -0.39 is 23.1 Å². The van der Waals surface area contributed by atoms with Crippen LogP contribution in [-0.4, -0.2) is 59.7 Å². The number of rotatable bonds is 10. The molecule has 1 aliphatic carbocycles. The van der Waals surface area contributed by atoms with Crippen molar-refractivity contribution in [2.75, 3.05) is 31.0 Å². The number of thiazole rings is 1. The van der Waals surface area contributed by atoms with Gasteiger partial charge in [0.1, 0.15) is 28.6 Å². The van der Waals surface area contributed by atoms with Crippen LogP contribution in [0.1, 0.15) is 47.5 Å². The van der Waals surface area contributed by atoms with Crippen LogP contribution in [0.2, 0.25) is 0 Å². The van der Waals surface area contributed by atoms with Crippen LogP contribution in [0.4, 0.5) is 11.4 Å². The highest BCUT2D eigenvalue weighted by molar-refractivity contribution is 7.09. The van der Waals surface area contributed by atoms with Crippen LogP contribution in [0.15, 0.2) is 78.2 Å². The number of amides is 3. The minimum absolute atomic E-state index is 0.0567. The Morgan fingerprint density at radius 2 is 1.70 bits per heavy atom. The normalized spacial score (nSPS) is 15.3. The molecule has 46 heavy (non-hydrogen) atoms. The van der Waals surface area contributed by atoms with Crippen molar-refractivity contribution in [2.45, 2.75) is 44.2 Å². The first-order chi connectivity index (χ1) is 22.3. The molecule has 0 bridgehead atoms. The lowest BCUT2D eigenvalue weighted by Crippen LogP contribution is -2.61. The zero-order valence-electron chi connectivity index (χ0n) is 25.7. The van der Waals surface area contributed by atoms with Gasteiger partial charge in [-0.2, -0.15) is 0 Å². The molecule has 0 radical (unpaired) electrons. The number of fused-ring (bicyclic) bond motifs is 1. The number of Topliss-reactive ketones (excluding diaryl/α,β-unsaturated/α-hetero) is 1. The SMILES string of the molecule is COc1ccc(NC(=O)C2(N(Cc3nc(-c4ccccc4)cs3)C(=O)CN3C(=O)C(=O)c4ccccc43)CCCCC2)c(OC)c1. The summed E-state index contributed by atoms with van der Waals surface area (Å²) in [5.41, 5.74) is 1.56. The summed E-state index contributed by atoms with van der Waals surface area (Å²) in [7, 11) is 3.06. The van der Waals surface area contributed by atoms with Crippen LogP contribution < -0.4 is 19.7 Å². The first kappa shape index (κ1) is 31.0. The molecule has 0 saturated heterocycles. The second-order valence-corrected chi connectivity index (χ2v) is 12.3. The Kier molecular flexibility index (Phi) is 8.85. The zero-order valence-corrected chi connectivity index (χ0v) is 26.5. The average molecular weight is 639 g/mol. The molecule has 4 aromatic rings. The molecule has 0 atom stereocenters. The number of benzene rings is 3. The number of methoxy groups -OCH3 is 2. The Balaban J connectivity index is 1.38. The monoisotopic (exact) mass is 638 g/mol. The molecule has 1 N–H and O–H groups in total. The van der Waals surface area contributed by atoms with Crippen molar-refractivity contribution in [3.05, 3.63) is 88.7 Å². The maximum atomic E-state index is 14.5. The van der Waals surface area contributed by atoms with Crippen LogP contribution in [0.5, 0.6) is 11.5 Å². The Morgan fingerprint density at radius 3 is 2.43 bits per heavy atom. The van der Waals surface area contributed by atoms with Crippen molar-refractivity contribution in [2.24, 2.45) is 0 Å². The van der Waals surface area contributed by atoms with Crippen molar-refractivity contribution < 1.29 is 28.7 Å².